The van der Waals surface area contributed by atoms with Gasteiger partial charge in [0.2, 0.25) is 5.91 Å². The van der Waals surface area contributed by atoms with Crippen LogP contribution >= 0.6 is 0 Å². The number of carboxylic acid groups (broad SMARTS) is 1. The second-order valence-corrected chi connectivity index (χ2v) is 8.10. The molecule has 0 saturated heterocycles. The first-order chi connectivity index (χ1) is 15.6. The highest BCUT2D eigenvalue weighted by molar-refractivity contribution is 5.93. The summed E-state index contributed by atoms with van der Waals surface area (Å²) in [7, 11) is 0. The van der Waals surface area contributed by atoms with Gasteiger partial charge in [0.05, 0.1) is 6.54 Å². The van der Waals surface area contributed by atoms with Crippen molar-refractivity contribution in [2.45, 2.75) is 38.1 Å². The highest BCUT2D eigenvalue weighted by Crippen LogP contribution is 2.39. The number of carbonyl (C=O) groups is 2. The van der Waals surface area contributed by atoms with E-state index < -0.39 is 5.97 Å². The van der Waals surface area contributed by atoms with Gasteiger partial charge in [0.25, 0.3) is 0 Å². The van der Waals surface area contributed by atoms with Gasteiger partial charge in [-0.1, -0.05) is 60.7 Å². The summed E-state index contributed by atoms with van der Waals surface area (Å²) in [6, 6.07) is 25.5. The van der Waals surface area contributed by atoms with Crippen LogP contribution in [0, 0.1) is 0 Å². The Morgan fingerprint density at radius 3 is 2.38 bits per heavy atom. The van der Waals surface area contributed by atoms with Crippen molar-refractivity contribution in [3.63, 3.8) is 0 Å². The zero-order chi connectivity index (χ0) is 22.3. The van der Waals surface area contributed by atoms with Crippen LogP contribution in [0.1, 0.15) is 41.9 Å². The topological polar surface area (TPSA) is 66.8 Å². The molecule has 3 aromatic rings. The summed E-state index contributed by atoms with van der Waals surface area (Å²) in [5.74, 6) is -0.216. The van der Waals surface area contributed by atoms with Crippen LogP contribution in [0.25, 0.3) is 0 Å². The van der Waals surface area contributed by atoms with Crippen LogP contribution in [-0.2, 0) is 22.6 Å². The quantitative estimate of drug-likeness (QED) is 0.535. The summed E-state index contributed by atoms with van der Waals surface area (Å²) in [5, 5.41) is 8.97. The summed E-state index contributed by atoms with van der Waals surface area (Å²) in [4.78, 5) is 26.3. The van der Waals surface area contributed by atoms with E-state index in [1.54, 1.807) is 0 Å². The van der Waals surface area contributed by atoms with Gasteiger partial charge in [-0.05, 0) is 60.1 Å². The molecular weight excluding hydrogens is 402 g/mol. The normalized spacial score (nSPS) is 14.9. The number of hydrogen-bond acceptors (Lipinski definition) is 3. The molecule has 1 atom stereocenters. The van der Waals surface area contributed by atoms with E-state index in [1.165, 1.54) is 0 Å². The van der Waals surface area contributed by atoms with Crippen molar-refractivity contribution in [3.8, 4) is 5.75 Å². The molecule has 5 nitrogen and oxygen atoms in total. The first-order valence-corrected chi connectivity index (χ1v) is 11.0. The molecule has 0 fully saturated rings. The van der Waals surface area contributed by atoms with E-state index in [2.05, 4.69) is 0 Å². The van der Waals surface area contributed by atoms with Gasteiger partial charge in [-0.3, -0.25) is 4.79 Å². The van der Waals surface area contributed by atoms with Gasteiger partial charge in [0.1, 0.15) is 5.75 Å². The summed E-state index contributed by atoms with van der Waals surface area (Å²) in [6.45, 7) is 0.157. The predicted octanol–water partition coefficient (Wildman–Crippen LogP) is 5.19. The average molecular weight is 430 g/mol. The lowest BCUT2D eigenvalue weighted by Crippen LogP contribution is -2.32. The zero-order valence-electron chi connectivity index (χ0n) is 17.9. The van der Waals surface area contributed by atoms with Gasteiger partial charge < -0.3 is 14.7 Å². The summed E-state index contributed by atoms with van der Waals surface area (Å²) < 4.78 is 5.52. The van der Waals surface area contributed by atoms with E-state index in [-0.39, 0.29) is 18.4 Å². The van der Waals surface area contributed by atoms with Crippen molar-refractivity contribution >= 4 is 17.6 Å². The lowest BCUT2D eigenvalue weighted by Gasteiger charge is -2.29. The van der Waals surface area contributed by atoms with E-state index in [0.717, 1.165) is 41.6 Å². The largest absolute Gasteiger partial charge is 0.482 e. The molecule has 0 heterocycles. The molecule has 0 bridgehead atoms. The molecule has 0 aliphatic heterocycles. The van der Waals surface area contributed by atoms with Gasteiger partial charge in [-0.2, -0.15) is 0 Å². The van der Waals surface area contributed by atoms with Crippen LogP contribution in [0.2, 0.25) is 0 Å². The Balaban J connectivity index is 1.57. The van der Waals surface area contributed by atoms with Crippen molar-refractivity contribution in [2.75, 3.05) is 11.5 Å². The van der Waals surface area contributed by atoms with Crippen molar-refractivity contribution in [1.29, 1.82) is 0 Å². The van der Waals surface area contributed by atoms with Crippen molar-refractivity contribution in [1.82, 2.24) is 0 Å². The maximum Gasteiger partial charge on any atom is 0.341 e. The monoisotopic (exact) mass is 429 g/mol. The van der Waals surface area contributed by atoms with E-state index in [9.17, 15) is 9.59 Å². The molecule has 0 spiro atoms. The zero-order valence-corrected chi connectivity index (χ0v) is 17.9. The highest BCUT2D eigenvalue weighted by atomic mass is 16.5. The minimum atomic E-state index is -0.996. The number of carboxylic acids is 1. The second kappa shape index (κ2) is 10.1. The number of nitrogens with zero attached hydrogens (tertiary/aromatic N) is 1. The number of benzene rings is 3. The van der Waals surface area contributed by atoms with Crippen molar-refractivity contribution < 1.29 is 19.4 Å². The molecule has 0 radical (unpaired) electrons. The van der Waals surface area contributed by atoms with Crippen LogP contribution in [-0.4, -0.2) is 23.6 Å². The van der Waals surface area contributed by atoms with Gasteiger partial charge in [-0.15, -0.1) is 0 Å². The minimum absolute atomic E-state index is 0.0785. The summed E-state index contributed by atoms with van der Waals surface area (Å²) in [6.07, 6.45) is 3.11. The molecule has 164 valence electrons. The molecule has 3 aromatic carbocycles. The molecule has 1 aliphatic rings. The third kappa shape index (κ3) is 5.17. The lowest BCUT2D eigenvalue weighted by molar-refractivity contribution is -0.139. The smallest absolute Gasteiger partial charge is 0.341 e. The standard InChI is InChI=1S/C27H27NO4/c29-26(28(22-12-5-2-6-13-22)18-20-9-3-1-4-10-20)17-21-11-7-15-24-23(21)14-8-16-25(24)32-19-27(30)31/h1-6,8-10,12-14,16,21H,7,11,15,17-19H2,(H,30,31). The fourth-order valence-electron chi connectivity index (χ4n) is 4.42. The third-order valence-electron chi connectivity index (χ3n) is 5.91. The fourth-order valence-corrected chi connectivity index (χ4v) is 4.42. The Hall–Kier alpha value is -3.60. The number of aliphatic carboxylic acids is 1. The molecule has 1 amide bonds. The Morgan fingerprint density at radius 2 is 1.66 bits per heavy atom. The number of carbonyl (C=O) groups excluding carboxylic acids is 1. The number of hydrogen-bond donors (Lipinski definition) is 1. The summed E-state index contributed by atoms with van der Waals surface area (Å²) in [5.41, 5.74) is 4.10. The number of anilines is 1. The second-order valence-electron chi connectivity index (χ2n) is 8.10. The average Bonchev–Trinajstić information content (AvgIpc) is 2.82. The molecule has 0 saturated carbocycles. The SMILES string of the molecule is O=C(O)COc1cccc2c1CCCC2CC(=O)N(Cc1ccccc1)c1ccccc1. The Labute approximate surface area is 188 Å². The Bertz CT molecular complexity index is 1070. The first-order valence-electron chi connectivity index (χ1n) is 11.0. The molecule has 32 heavy (non-hydrogen) atoms. The van der Waals surface area contributed by atoms with Gasteiger partial charge >= 0.3 is 5.97 Å². The van der Waals surface area contributed by atoms with Crippen LogP contribution in [0.4, 0.5) is 5.69 Å². The number of ether oxygens (including phenoxy) is 1. The maximum absolute atomic E-state index is 13.5. The van der Waals surface area contributed by atoms with Crippen LogP contribution in [0.3, 0.4) is 0 Å². The minimum Gasteiger partial charge on any atom is -0.482 e. The van der Waals surface area contributed by atoms with E-state index in [0.29, 0.717) is 18.7 Å². The van der Waals surface area contributed by atoms with Crippen LogP contribution in [0.15, 0.2) is 78.9 Å². The van der Waals surface area contributed by atoms with Crippen LogP contribution in [0.5, 0.6) is 5.75 Å². The molecule has 0 aromatic heterocycles. The van der Waals surface area contributed by atoms with Crippen molar-refractivity contribution in [3.05, 3.63) is 95.6 Å². The number of fused-ring (bicyclic) bond motifs is 1. The fraction of sp³-hybridized carbons (Fsp3) is 0.259. The maximum atomic E-state index is 13.5. The van der Waals surface area contributed by atoms with Gasteiger partial charge in [-0.25, -0.2) is 4.79 Å². The highest BCUT2D eigenvalue weighted by Gasteiger charge is 2.27. The Kier molecular flexibility index (Phi) is 6.85. The van der Waals surface area contributed by atoms with Gasteiger partial charge in [0, 0.05) is 12.1 Å². The number of rotatable bonds is 8. The predicted molar refractivity (Wildman–Crippen MR) is 124 cm³/mol. The van der Waals surface area contributed by atoms with Crippen LogP contribution < -0.4 is 9.64 Å². The molecule has 1 unspecified atom stereocenters. The lowest BCUT2D eigenvalue weighted by atomic mass is 9.80. The van der Waals surface area contributed by atoms with E-state index in [1.807, 2.05) is 83.8 Å². The molecule has 5 heteroatoms. The van der Waals surface area contributed by atoms with Crippen molar-refractivity contribution in [2.24, 2.45) is 0 Å². The molecular formula is C27H27NO4. The molecule has 4 rings (SSSR count). The summed E-state index contributed by atoms with van der Waals surface area (Å²) >= 11 is 0. The Morgan fingerprint density at radius 1 is 0.938 bits per heavy atom. The van der Waals surface area contributed by atoms with E-state index in [4.69, 9.17) is 9.84 Å². The number of amides is 1. The third-order valence-corrected chi connectivity index (χ3v) is 5.91. The molecule has 1 N–H and O–H groups in total. The molecule has 1 aliphatic carbocycles. The first kappa shape index (κ1) is 21.6. The van der Waals surface area contributed by atoms with Gasteiger partial charge in [0.15, 0.2) is 6.61 Å². The number of para-hydroxylation sites is 1. The van der Waals surface area contributed by atoms with E-state index >= 15 is 0 Å².